The Kier molecular flexibility index (Phi) is 5.34. The van der Waals surface area contributed by atoms with Gasteiger partial charge in [0.15, 0.2) is 11.9 Å². The third-order valence-corrected chi connectivity index (χ3v) is 4.63. The number of anilines is 1. The molecule has 0 aliphatic heterocycles. The Bertz CT molecular complexity index is 1180. The molecular weight excluding hydrogens is 380 g/mol. The summed E-state index contributed by atoms with van der Waals surface area (Å²) in [5.41, 5.74) is 1.63. The number of carbonyl (C=O) groups excluding carboxylic acids is 1. The van der Waals surface area contributed by atoms with Gasteiger partial charge in [0.05, 0.1) is 18.3 Å². The summed E-state index contributed by atoms with van der Waals surface area (Å²) in [5.74, 6) is 2.18. The van der Waals surface area contributed by atoms with Gasteiger partial charge in [-0.1, -0.05) is 18.2 Å². The van der Waals surface area contributed by atoms with E-state index in [4.69, 9.17) is 9.47 Å². The van der Waals surface area contributed by atoms with Crippen molar-refractivity contribution in [2.24, 2.45) is 0 Å². The minimum absolute atomic E-state index is 0.284. The fourth-order valence-corrected chi connectivity index (χ4v) is 3.08. The molecule has 30 heavy (non-hydrogen) atoms. The number of carbonyl (C=O) groups is 1. The number of para-hydroxylation sites is 1. The van der Waals surface area contributed by atoms with Crippen LogP contribution in [0, 0.1) is 6.92 Å². The largest absolute Gasteiger partial charge is 0.497 e. The Balaban J connectivity index is 1.53. The first-order valence-electron chi connectivity index (χ1n) is 9.58. The molecule has 0 aliphatic carbocycles. The SMILES string of the molecule is COc1ccc(OC(C)C(=O)Nc2cc(C)nn2-c2ccc3ccccc3n2)cc1. The van der Waals surface area contributed by atoms with Crippen molar-refractivity contribution in [3.63, 3.8) is 0 Å². The van der Waals surface area contributed by atoms with Gasteiger partial charge < -0.3 is 14.8 Å². The van der Waals surface area contributed by atoms with Crippen LogP contribution in [-0.4, -0.2) is 33.9 Å². The molecule has 4 rings (SSSR count). The van der Waals surface area contributed by atoms with E-state index < -0.39 is 6.10 Å². The van der Waals surface area contributed by atoms with E-state index in [0.29, 0.717) is 17.4 Å². The molecule has 2 aromatic carbocycles. The third-order valence-electron chi connectivity index (χ3n) is 4.63. The molecule has 7 nitrogen and oxygen atoms in total. The van der Waals surface area contributed by atoms with E-state index in [9.17, 15) is 4.79 Å². The van der Waals surface area contributed by atoms with Gasteiger partial charge >= 0.3 is 0 Å². The summed E-state index contributed by atoms with van der Waals surface area (Å²) >= 11 is 0. The summed E-state index contributed by atoms with van der Waals surface area (Å²) in [7, 11) is 1.60. The lowest BCUT2D eigenvalue weighted by molar-refractivity contribution is -0.122. The molecule has 2 heterocycles. The molecule has 0 saturated heterocycles. The first-order valence-corrected chi connectivity index (χ1v) is 9.58. The number of hydrogen-bond donors (Lipinski definition) is 1. The van der Waals surface area contributed by atoms with Gasteiger partial charge in [-0.25, -0.2) is 4.98 Å². The van der Waals surface area contributed by atoms with E-state index in [0.717, 1.165) is 22.3 Å². The number of amides is 1. The zero-order chi connectivity index (χ0) is 21.1. The standard InChI is InChI=1S/C23H22N4O3/c1-15-14-22(25-23(28)16(2)30-19-11-9-18(29-3)10-12-19)27(26-15)21-13-8-17-6-4-5-7-20(17)24-21/h4-14,16H,1-3H3,(H,25,28). The van der Waals surface area contributed by atoms with E-state index in [1.165, 1.54) is 0 Å². The van der Waals surface area contributed by atoms with Crippen LogP contribution in [0.25, 0.3) is 16.7 Å². The van der Waals surface area contributed by atoms with Crippen LogP contribution in [-0.2, 0) is 4.79 Å². The van der Waals surface area contributed by atoms with Gasteiger partial charge in [-0.15, -0.1) is 0 Å². The molecule has 2 aromatic heterocycles. The number of ether oxygens (including phenoxy) is 2. The Labute approximate surface area is 174 Å². The Morgan fingerprint density at radius 1 is 1.03 bits per heavy atom. The monoisotopic (exact) mass is 402 g/mol. The van der Waals surface area contributed by atoms with Crippen LogP contribution < -0.4 is 14.8 Å². The van der Waals surface area contributed by atoms with Gasteiger partial charge in [0.1, 0.15) is 17.3 Å². The number of pyridine rings is 1. The molecule has 0 radical (unpaired) electrons. The van der Waals surface area contributed by atoms with Crippen LogP contribution in [0.5, 0.6) is 11.5 Å². The number of hydrogen-bond acceptors (Lipinski definition) is 5. The zero-order valence-corrected chi connectivity index (χ0v) is 17.0. The number of fused-ring (bicyclic) bond motifs is 1. The summed E-state index contributed by atoms with van der Waals surface area (Å²) in [4.78, 5) is 17.4. The first kappa shape index (κ1) is 19.4. The lowest BCUT2D eigenvalue weighted by Crippen LogP contribution is -2.31. The fourth-order valence-electron chi connectivity index (χ4n) is 3.08. The van der Waals surface area contributed by atoms with Crippen molar-refractivity contribution in [2.45, 2.75) is 20.0 Å². The van der Waals surface area contributed by atoms with Crippen LogP contribution in [0.2, 0.25) is 0 Å². The predicted octanol–water partition coefficient (Wildman–Crippen LogP) is 4.14. The molecule has 152 valence electrons. The quantitative estimate of drug-likeness (QED) is 0.524. The summed E-state index contributed by atoms with van der Waals surface area (Å²) in [6, 6.07) is 20.6. The van der Waals surface area contributed by atoms with E-state index >= 15 is 0 Å². The molecule has 0 spiro atoms. The normalized spacial score (nSPS) is 11.8. The third kappa shape index (κ3) is 4.10. The van der Waals surface area contributed by atoms with Crippen LogP contribution in [0.3, 0.4) is 0 Å². The van der Waals surface area contributed by atoms with Crippen LogP contribution in [0.1, 0.15) is 12.6 Å². The van der Waals surface area contributed by atoms with Crippen LogP contribution in [0.15, 0.2) is 66.7 Å². The number of aryl methyl sites for hydroxylation is 1. The van der Waals surface area contributed by atoms with E-state index in [2.05, 4.69) is 15.4 Å². The number of aromatic nitrogens is 3. The molecule has 4 aromatic rings. The highest BCUT2D eigenvalue weighted by atomic mass is 16.5. The summed E-state index contributed by atoms with van der Waals surface area (Å²) < 4.78 is 12.5. The first-order chi connectivity index (χ1) is 14.5. The van der Waals surface area contributed by atoms with Crippen LogP contribution >= 0.6 is 0 Å². The molecule has 0 aliphatic rings. The topological polar surface area (TPSA) is 78.3 Å². The number of methoxy groups -OCH3 is 1. The predicted molar refractivity (Wildman–Crippen MR) is 115 cm³/mol. The number of nitrogens with zero attached hydrogens (tertiary/aromatic N) is 3. The molecule has 1 unspecified atom stereocenters. The van der Waals surface area contributed by atoms with E-state index in [1.54, 1.807) is 49.0 Å². The maximum absolute atomic E-state index is 12.7. The average Bonchev–Trinajstić information content (AvgIpc) is 3.13. The lowest BCUT2D eigenvalue weighted by atomic mass is 10.2. The molecular formula is C23H22N4O3. The molecule has 0 saturated carbocycles. The minimum Gasteiger partial charge on any atom is -0.497 e. The Morgan fingerprint density at radius 3 is 2.53 bits per heavy atom. The van der Waals surface area contributed by atoms with Crippen molar-refractivity contribution in [1.82, 2.24) is 14.8 Å². The molecule has 0 fully saturated rings. The molecule has 1 amide bonds. The summed E-state index contributed by atoms with van der Waals surface area (Å²) in [6.07, 6.45) is -0.702. The van der Waals surface area contributed by atoms with E-state index in [1.807, 2.05) is 43.3 Å². The van der Waals surface area contributed by atoms with Gasteiger partial charge in [-0.05, 0) is 56.3 Å². The smallest absolute Gasteiger partial charge is 0.266 e. The maximum Gasteiger partial charge on any atom is 0.266 e. The van der Waals surface area contributed by atoms with Crippen molar-refractivity contribution in [2.75, 3.05) is 12.4 Å². The molecule has 1 atom stereocenters. The van der Waals surface area contributed by atoms with Gasteiger partial charge in [-0.3, -0.25) is 4.79 Å². The van der Waals surface area contributed by atoms with Gasteiger partial charge in [0.2, 0.25) is 0 Å². The van der Waals surface area contributed by atoms with Crippen molar-refractivity contribution in [3.05, 3.63) is 72.4 Å². The second kappa shape index (κ2) is 8.24. The number of benzene rings is 2. The number of rotatable bonds is 6. The summed E-state index contributed by atoms with van der Waals surface area (Å²) in [6.45, 7) is 3.56. The highest BCUT2D eigenvalue weighted by molar-refractivity contribution is 5.93. The van der Waals surface area contributed by atoms with Gasteiger partial charge in [0.25, 0.3) is 5.91 Å². The van der Waals surface area contributed by atoms with E-state index in [-0.39, 0.29) is 5.91 Å². The summed E-state index contributed by atoms with van der Waals surface area (Å²) in [5, 5.41) is 8.42. The number of nitrogens with one attached hydrogen (secondary N) is 1. The van der Waals surface area contributed by atoms with Crippen molar-refractivity contribution >= 4 is 22.6 Å². The molecule has 0 bridgehead atoms. The molecule has 7 heteroatoms. The van der Waals surface area contributed by atoms with Crippen molar-refractivity contribution < 1.29 is 14.3 Å². The molecule has 1 N–H and O–H groups in total. The minimum atomic E-state index is -0.702. The average molecular weight is 402 g/mol. The lowest BCUT2D eigenvalue weighted by Gasteiger charge is -2.15. The highest BCUT2D eigenvalue weighted by Crippen LogP contribution is 2.21. The second-order valence-electron chi connectivity index (χ2n) is 6.87. The zero-order valence-electron chi connectivity index (χ0n) is 17.0. The second-order valence-corrected chi connectivity index (χ2v) is 6.87. The Hall–Kier alpha value is -3.87. The van der Waals surface area contributed by atoms with Gasteiger partial charge in [0, 0.05) is 11.5 Å². The fraction of sp³-hybridized carbons (Fsp3) is 0.174. The maximum atomic E-state index is 12.7. The van der Waals surface area contributed by atoms with Crippen molar-refractivity contribution in [3.8, 4) is 17.3 Å². The van der Waals surface area contributed by atoms with Crippen molar-refractivity contribution in [1.29, 1.82) is 0 Å². The van der Waals surface area contributed by atoms with Gasteiger partial charge in [-0.2, -0.15) is 9.78 Å². The highest BCUT2D eigenvalue weighted by Gasteiger charge is 2.18. The Morgan fingerprint density at radius 2 is 1.77 bits per heavy atom. The van der Waals surface area contributed by atoms with Crippen LogP contribution in [0.4, 0.5) is 5.82 Å².